The lowest BCUT2D eigenvalue weighted by atomic mass is 10.1. The Morgan fingerprint density at radius 1 is 1.07 bits per heavy atom. The number of para-hydroxylation sites is 1. The van der Waals surface area contributed by atoms with Crippen LogP contribution in [0.2, 0.25) is 0 Å². The zero-order chi connectivity index (χ0) is 21.0. The van der Waals surface area contributed by atoms with Crippen molar-refractivity contribution >= 4 is 26.6 Å². The van der Waals surface area contributed by atoms with Crippen molar-refractivity contribution < 1.29 is 13.2 Å². The van der Waals surface area contributed by atoms with Crippen molar-refractivity contribution in [1.29, 1.82) is 5.26 Å². The standard InChI is InChI=1S/C22H22N4O3S/c23-14-19-13-22(20-7-3-4-8-21(20)25-19)24-15-17-5-1-2-6-18(17)16-30(27,28)26-9-11-29-12-10-26/h1-8,13H,9-12,15-16H2,(H,24,25). The summed E-state index contributed by atoms with van der Waals surface area (Å²) in [6.45, 7) is 2.08. The number of rotatable bonds is 6. The molecule has 1 N–H and O–H groups in total. The zero-order valence-electron chi connectivity index (χ0n) is 16.4. The van der Waals surface area contributed by atoms with Crippen LogP contribution in [0.5, 0.6) is 0 Å². The molecule has 1 aliphatic heterocycles. The SMILES string of the molecule is N#Cc1cc(NCc2ccccc2CS(=O)(=O)N2CCOCC2)c2ccccc2n1. The van der Waals surface area contributed by atoms with E-state index in [4.69, 9.17) is 4.74 Å². The molecule has 1 aromatic heterocycles. The summed E-state index contributed by atoms with van der Waals surface area (Å²) >= 11 is 0. The van der Waals surface area contributed by atoms with Gasteiger partial charge in [-0.25, -0.2) is 13.4 Å². The molecule has 1 fully saturated rings. The molecule has 4 rings (SSSR count). The van der Waals surface area contributed by atoms with Crippen molar-refractivity contribution in [1.82, 2.24) is 9.29 Å². The normalized spacial score (nSPS) is 15.0. The van der Waals surface area contributed by atoms with Gasteiger partial charge in [-0.3, -0.25) is 0 Å². The molecule has 3 aromatic rings. The molecule has 0 aliphatic carbocycles. The summed E-state index contributed by atoms with van der Waals surface area (Å²) in [6, 6.07) is 18.9. The van der Waals surface area contributed by atoms with Crippen LogP contribution >= 0.6 is 0 Å². The summed E-state index contributed by atoms with van der Waals surface area (Å²) in [7, 11) is -3.41. The minimum atomic E-state index is -3.41. The van der Waals surface area contributed by atoms with Crippen LogP contribution < -0.4 is 5.32 Å². The first-order chi connectivity index (χ1) is 14.6. The molecule has 0 saturated carbocycles. The van der Waals surface area contributed by atoms with Gasteiger partial charge in [0.1, 0.15) is 11.8 Å². The Labute approximate surface area is 176 Å². The third-order valence-electron chi connectivity index (χ3n) is 5.12. The van der Waals surface area contributed by atoms with Crippen LogP contribution in [0.3, 0.4) is 0 Å². The number of morpholine rings is 1. The molecule has 0 unspecified atom stereocenters. The molecule has 0 spiro atoms. The number of hydrogen-bond acceptors (Lipinski definition) is 6. The van der Waals surface area contributed by atoms with E-state index >= 15 is 0 Å². The number of anilines is 1. The molecule has 154 valence electrons. The average molecular weight is 423 g/mol. The lowest BCUT2D eigenvalue weighted by molar-refractivity contribution is 0.0729. The topological polar surface area (TPSA) is 95.3 Å². The lowest BCUT2D eigenvalue weighted by Crippen LogP contribution is -2.41. The molecule has 0 atom stereocenters. The second-order valence-corrected chi connectivity index (χ2v) is 9.04. The van der Waals surface area contributed by atoms with Crippen LogP contribution in [-0.4, -0.2) is 44.0 Å². The predicted octanol–water partition coefficient (Wildman–Crippen LogP) is 2.88. The maximum absolute atomic E-state index is 12.8. The van der Waals surface area contributed by atoms with E-state index in [2.05, 4.69) is 16.4 Å². The summed E-state index contributed by atoms with van der Waals surface area (Å²) < 4.78 is 32.5. The third-order valence-corrected chi connectivity index (χ3v) is 6.95. The molecule has 30 heavy (non-hydrogen) atoms. The highest BCUT2D eigenvalue weighted by molar-refractivity contribution is 7.88. The van der Waals surface area contributed by atoms with Gasteiger partial charge in [0, 0.05) is 30.7 Å². The maximum Gasteiger partial charge on any atom is 0.218 e. The number of fused-ring (bicyclic) bond motifs is 1. The lowest BCUT2D eigenvalue weighted by Gasteiger charge is -2.26. The highest BCUT2D eigenvalue weighted by Crippen LogP contribution is 2.24. The Kier molecular flexibility index (Phi) is 5.95. The Bertz CT molecular complexity index is 1200. The van der Waals surface area contributed by atoms with E-state index in [1.807, 2.05) is 48.5 Å². The molecule has 0 bridgehead atoms. The zero-order valence-corrected chi connectivity index (χ0v) is 17.2. The fourth-order valence-electron chi connectivity index (χ4n) is 3.55. The molecule has 1 aliphatic rings. The highest BCUT2D eigenvalue weighted by Gasteiger charge is 2.25. The quantitative estimate of drug-likeness (QED) is 0.656. The van der Waals surface area contributed by atoms with Gasteiger partial charge in [-0.15, -0.1) is 0 Å². The Morgan fingerprint density at radius 3 is 2.53 bits per heavy atom. The number of pyridine rings is 1. The Hall–Kier alpha value is -2.99. The number of nitrogens with one attached hydrogen (secondary N) is 1. The molecular weight excluding hydrogens is 400 g/mol. The van der Waals surface area contributed by atoms with Crippen LogP contribution in [0.1, 0.15) is 16.8 Å². The van der Waals surface area contributed by atoms with Crippen LogP contribution in [0.4, 0.5) is 5.69 Å². The van der Waals surface area contributed by atoms with Gasteiger partial charge < -0.3 is 10.1 Å². The van der Waals surface area contributed by atoms with Crippen molar-refractivity contribution in [3.63, 3.8) is 0 Å². The van der Waals surface area contributed by atoms with Crippen LogP contribution in [0, 0.1) is 11.3 Å². The fourth-order valence-corrected chi connectivity index (χ4v) is 5.12. The van der Waals surface area contributed by atoms with Crippen LogP contribution in [-0.2, 0) is 27.1 Å². The number of ether oxygens (including phenoxy) is 1. The van der Waals surface area contributed by atoms with Crippen molar-refractivity contribution in [2.75, 3.05) is 31.6 Å². The number of nitrogens with zero attached hydrogens (tertiary/aromatic N) is 3. The van der Waals surface area contributed by atoms with E-state index in [-0.39, 0.29) is 5.75 Å². The molecule has 2 heterocycles. The molecule has 7 nitrogen and oxygen atoms in total. The number of nitriles is 1. The monoisotopic (exact) mass is 422 g/mol. The first kappa shape index (κ1) is 20.3. The number of aromatic nitrogens is 1. The van der Waals surface area contributed by atoms with E-state index in [0.717, 1.165) is 27.7 Å². The summed E-state index contributed by atoms with van der Waals surface area (Å²) in [5.41, 5.74) is 3.52. The fraction of sp³-hybridized carbons (Fsp3) is 0.273. The maximum atomic E-state index is 12.8. The summed E-state index contributed by atoms with van der Waals surface area (Å²) in [5.74, 6) is -0.0502. The first-order valence-corrected chi connectivity index (χ1v) is 11.3. The summed E-state index contributed by atoms with van der Waals surface area (Å²) in [6.07, 6.45) is 0. The van der Waals surface area contributed by atoms with Gasteiger partial charge in [-0.1, -0.05) is 42.5 Å². The first-order valence-electron chi connectivity index (χ1n) is 9.73. The molecule has 0 radical (unpaired) electrons. The second-order valence-electron chi connectivity index (χ2n) is 7.07. The molecule has 1 saturated heterocycles. The van der Waals surface area contributed by atoms with Gasteiger partial charge in [-0.2, -0.15) is 9.57 Å². The van der Waals surface area contributed by atoms with E-state index in [1.165, 1.54) is 4.31 Å². The van der Waals surface area contributed by atoms with Gasteiger partial charge in [-0.05, 0) is 23.3 Å². The summed E-state index contributed by atoms with van der Waals surface area (Å²) in [4.78, 5) is 4.33. The summed E-state index contributed by atoms with van der Waals surface area (Å²) in [5, 5.41) is 13.6. The largest absolute Gasteiger partial charge is 0.380 e. The van der Waals surface area contributed by atoms with E-state index in [1.54, 1.807) is 6.07 Å². The Morgan fingerprint density at radius 2 is 1.77 bits per heavy atom. The number of benzene rings is 2. The van der Waals surface area contributed by atoms with Gasteiger partial charge in [0.25, 0.3) is 0 Å². The molecular formula is C22H22N4O3S. The average Bonchev–Trinajstić information content (AvgIpc) is 2.78. The molecule has 2 aromatic carbocycles. The third kappa shape index (κ3) is 4.44. The van der Waals surface area contributed by atoms with Crippen molar-refractivity contribution in [2.45, 2.75) is 12.3 Å². The van der Waals surface area contributed by atoms with Crippen molar-refractivity contribution in [3.05, 3.63) is 71.4 Å². The van der Waals surface area contributed by atoms with Crippen molar-refractivity contribution in [3.8, 4) is 6.07 Å². The van der Waals surface area contributed by atoms with E-state index in [9.17, 15) is 13.7 Å². The molecule has 0 amide bonds. The van der Waals surface area contributed by atoms with Gasteiger partial charge in [0.2, 0.25) is 10.0 Å². The van der Waals surface area contributed by atoms with Gasteiger partial charge in [0.15, 0.2) is 0 Å². The highest BCUT2D eigenvalue weighted by atomic mass is 32.2. The van der Waals surface area contributed by atoms with Crippen LogP contribution in [0.15, 0.2) is 54.6 Å². The van der Waals surface area contributed by atoms with Crippen molar-refractivity contribution in [2.24, 2.45) is 0 Å². The Balaban J connectivity index is 1.57. The van der Waals surface area contributed by atoms with E-state index < -0.39 is 10.0 Å². The second kappa shape index (κ2) is 8.79. The minimum Gasteiger partial charge on any atom is -0.380 e. The van der Waals surface area contributed by atoms with E-state index in [0.29, 0.717) is 38.5 Å². The predicted molar refractivity (Wildman–Crippen MR) is 115 cm³/mol. The minimum absolute atomic E-state index is 0.0502. The smallest absolute Gasteiger partial charge is 0.218 e. The number of hydrogen-bond donors (Lipinski definition) is 1. The van der Waals surface area contributed by atoms with Gasteiger partial charge >= 0.3 is 0 Å². The number of sulfonamides is 1. The molecule has 8 heteroatoms. The van der Waals surface area contributed by atoms with Gasteiger partial charge in [0.05, 0.1) is 24.5 Å². The van der Waals surface area contributed by atoms with Crippen LogP contribution in [0.25, 0.3) is 10.9 Å².